The summed E-state index contributed by atoms with van der Waals surface area (Å²) in [5.74, 6) is 1.66. The van der Waals surface area contributed by atoms with Crippen molar-refractivity contribution in [1.29, 1.82) is 0 Å². The molecule has 3 atom stereocenters. The Kier molecular flexibility index (Phi) is 4.38. The lowest BCUT2D eigenvalue weighted by molar-refractivity contribution is -0.125. The van der Waals surface area contributed by atoms with E-state index in [1.807, 2.05) is 0 Å². The number of hydrogen-bond donors (Lipinski definition) is 1. The summed E-state index contributed by atoms with van der Waals surface area (Å²) in [4.78, 5) is 0. The van der Waals surface area contributed by atoms with Crippen LogP contribution in [0.3, 0.4) is 0 Å². The standard InChI is InChI=1S/C16H31NO/c1-11(2)10-18-15-9-14(16(15,4)5)17-12(3)8-13-6-7-13/h11-15,17H,6-10H2,1-5H3. The monoisotopic (exact) mass is 253 g/mol. The lowest BCUT2D eigenvalue weighted by Gasteiger charge is -2.53. The summed E-state index contributed by atoms with van der Waals surface area (Å²) < 4.78 is 6.02. The zero-order valence-electron chi connectivity index (χ0n) is 12.8. The molecule has 0 aromatic rings. The molecule has 0 radical (unpaired) electrons. The summed E-state index contributed by atoms with van der Waals surface area (Å²) in [6.07, 6.45) is 5.92. The summed E-state index contributed by atoms with van der Waals surface area (Å²) >= 11 is 0. The van der Waals surface area contributed by atoms with Gasteiger partial charge >= 0.3 is 0 Å². The van der Waals surface area contributed by atoms with E-state index in [-0.39, 0.29) is 0 Å². The highest BCUT2D eigenvalue weighted by molar-refractivity contribution is 5.03. The minimum Gasteiger partial charge on any atom is -0.377 e. The molecule has 0 spiro atoms. The molecule has 2 saturated carbocycles. The summed E-state index contributed by atoms with van der Waals surface area (Å²) in [6, 6.07) is 1.32. The van der Waals surface area contributed by atoms with Crippen molar-refractivity contribution in [3.05, 3.63) is 0 Å². The molecule has 2 rings (SSSR count). The Hall–Kier alpha value is -0.0800. The van der Waals surface area contributed by atoms with E-state index in [4.69, 9.17) is 4.74 Å². The Balaban J connectivity index is 1.71. The highest BCUT2D eigenvalue weighted by atomic mass is 16.5. The van der Waals surface area contributed by atoms with Gasteiger partial charge in [0.15, 0.2) is 0 Å². The first-order valence-electron chi connectivity index (χ1n) is 7.77. The van der Waals surface area contributed by atoms with Crippen molar-refractivity contribution in [1.82, 2.24) is 5.32 Å². The molecule has 0 aromatic heterocycles. The molecule has 2 nitrogen and oxygen atoms in total. The highest BCUT2D eigenvalue weighted by Crippen LogP contribution is 2.43. The lowest BCUT2D eigenvalue weighted by Crippen LogP contribution is -2.62. The van der Waals surface area contributed by atoms with Crippen LogP contribution in [0.2, 0.25) is 0 Å². The van der Waals surface area contributed by atoms with Crippen molar-refractivity contribution in [2.45, 2.75) is 78.5 Å². The van der Waals surface area contributed by atoms with Gasteiger partial charge in [0.25, 0.3) is 0 Å². The molecule has 0 saturated heterocycles. The minimum absolute atomic E-state index is 0.298. The molecule has 3 unspecified atom stereocenters. The van der Waals surface area contributed by atoms with Crippen molar-refractivity contribution in [2.75, 3.05) is 6.61 Å². The van der Waals surface area contributed by atoms with Gasteiger partial charge in [-0.3, -0.25) is 0 Å². The van der Waals surface area contributed by atoms with E-state index in [0.29, 0.717) is 29.5 Å². The normalized spacial score (nSPS) is 32.3. The molecule has 0 aromatic carbocycles. The topological polar surface area (TPSA) is 21.3 Å². The van der Waals surface area contributed by atoms with Crippen LogP contribution in [0.25, 0.3) is 0 Å². The van der Waals surface area contributed by atoms with E-state index in [1.165, 1.54) is 25.7 Å². The maximum atomic E-state index is 6.02. The zero-order chi connectivity index (χ0) is 13.3. The van der Waals surface area contributed by atoms with Crippen LogP contribution in [-0.4, -0.2) is 24.8 Å². The van der Waals surface area contributed by atoms with Crippen LogP contribution in [-0.2, 0) is 4.74 Å². The molecule has 2 aliphatic rings. The van der Waals surface area contributed by atoms with Crippen molar-refractivity contribution < 1.29 is 4.74 Å². The fourth-order valence-corrected chi connectivity index (χ4v) is 3.02. The van der Waals surface area contributed by atoms with Gasteiger partial charge in [-0.25, -0.2) is 0 Å². The van der Waals surface area contributed by atoms with Crippen LogP contribution in [0.4, 0.5) is 0 Å². The molecule has 0 aliphatic heterocycles. The molecule has 2 fully saturated rings. The van der Waals surface area contributed by atoms with Crippen molar-refractivity contribution >= 4 is 0 Å². The zero-order valence-corrected chi connectivity index (χ0v) is 12.8. The fourth-order valence-electron chi connectivity index (χ4n) is 3.02. The quantitative estimate of drug-likeness (QED) is 0.748. The second-order valence-corrected chi connectivity index (χ2v) is 7.57. The number of rotatable bonds is 7. The average Bonchev–Trinajstić information content (AvgIpc) is 3.05. The van der Waals surface area contributed by atoms with Gasteiger partial charge in [-0.15, -0.1) is 0 Å². The highest BCUT2D eigenvalue weighted by Gasteiger charge is 2.49. The Morgan fingerprint density at radius 2 is 1.89 bits per heavy atom. The maximum absolute atomic E-state index is 6.02. The molecular formula is C16H31NO. The SMILES string of the molecule is CC(C)COC1CC(NC(C)CC2CC2)C1(C)C. The van der Waals surface area contributed by atoms with Gasteiger partial charge in [0.05, 0.1) is 6.10 Å². The van der Waals surface area contributed by atoms with Gasteiger partial charge in [-0.2, -0.15) is 0 Å². The van der Waals surface area contributed by atoms with Gasteiger partial charge in [-0.1, -0.05) is 40.5 Å². The Morgan fingerprint density at radius 3 is 2.39 bits per heavy atom. The summed E-state index contributed by atoms with van der Waals surface area (Å²) in [5, 5.41) is 3.82. The smallest absolute Gasteiger partial charge is 0.0656 e. The van der Waals surface area contributed by atoms with Gasteiger partial charge in [0.1, 0.15) is 0 Å². The van der Waals surface area contributed by atoms with Crippen LogP contribution in [0.5, 0.6) is 0 Å². The van der Waals surface area contributed by atoms with Gasteiger partial charge in [0, 0.05) is 24.1 Å². The van der Waals surface area contributed by atoms with Gasteiger partial charge < -0.3 is 10.1 Å². The van der Waals surface area contributed by atoms with E-state index in [1.54, 1.807) is 0 Å². The van der Waals surface area contributed by atoms with Crippen LogP contribution in [0.1, 0.15) is 60.3 Å². The first kappa shape index (κ1) is 14.3. The number of hydrogen-bond acceptors (Lipinski definition) is 2. The molecule has 1 N–H and O–H groups in total. The molecule has 0 amide bonds. The summed E-state index contributed by atoms with van der Waals surface area (Å²) in [6.45, 7) is 12.4. The molecule has 106 valence electrons. The van der Waals surface area contributed by atoms with Crippen molar-refractivity contribution in [2.24, 2.45) is 17.3 Å². The predicted molar refractivity (Wildman–Crippen MR) is 76.7 cm³/mol. The van der Waals surface area contributed by atoms with E-state index in [0.717, 1.165) is 12.5 Å². The predicted octanol–water partition coefficient (Wildman–Crippen LogP) is 3.60. The van der Waals surface area contributed by atoms with Crippen molar-refractivity contribution in [3.8, 4) is 0 Å². The molecule has 0 bridgehead atoms. The Bertz CT molecular complexity index is 270. The van der Waals surface area contributed by atoms with E-state index >= 15 is 0 Å². The lowest BCUT2D eigenvalue weighted by atomic mass is 9.64. The van der Waals surface area contributed by atoms with Crippen LogP contribution >= 0.6 is 0 Å². The molecule has 2 aliphatic carbocycles. The first-order chi connectivity index (χ1) is 8.39. The molecular weight excluding hydrogens is 222 g/mol. The van der Waals surface area contributed by atoms with Gasteiger partial charge in [0.2, 0.25) is 0 Å². The largest absolute Gasteiger partial charge is 0.377 e. The summed E-state index contributed by atoms with van der Waals surface area (Å²) in [7, 11) is 0. The summed E-state index contributed by atoms with van der Waals surface area (Å²) in [5.41, 5.74) is 0.298. The van der Waals surface area contributed by atoms with Crippen LogP contribution in [0, 0.1) is 17.3 Å². The average molecular weight is 253 g/mol. The Labute approximate surface area is 113 Å². The molecule has 2 heteroatoms. The maximum Gasteiger partial charge on any atom is 0.0656 e. The second-order valence-electron chi connectivity index (χ2n) is 7.57. The third-order valence-corrected chi connectivity index (χ3v) is 4.68. The van der Waals surface area contributed by atoms with Crippen LogP contribution in [0.15, 0.2) is 0 Å². The van der Waals surface area contributed by atoms with Crippen molar-refractivity contribution in [3.63, 3.8) is 0 Å². The molecule has 0 heterocycles. The molecule has 18 heavy (non-hydrogen) atoms. The Morgan fingerprint density at radius 1 is 1.22 bits per heavy atom. The number of ether oxygens (including phenoxy) is 1. The van der Waals surface area contributed by atoms with E-state index < -0.39 is 0 Å². The minimum atomic E-state index is 0.298. The fraction of sp³-hybridized carbons (Fsp3) is 1.00. The first-order valence-corrected chi connectivity index (χ1v) is 7.77. The van der Waals surface area contributed by atoms with E-state index in [9.17, 15) is 0 Å². The number of nitrogens with one attached hydrogen (secondary N) is 1. The third-order valence-electron chi connectivity index (χ3n) is 4.68. The van der Waals surface area contributed by atoms with Crippen LogP contribution < -0.4 is 5.32 Å². The van der Waals surface area contributed by atoms with Gasteiger partial charge in [-0.05, 0) is 31.6 Å². The third kappa shape index (κ3) is 3.48. The second kappa shape index (κ2) is 5.50. The van der Waals surface area contributed by atoms with E-state index in [2.05, 4.69) is 39.9 Å².